The molecule has 0 amide bonds. The minimum atomic E-state index is -3.24. The van der Waals surface area contributed by atoms with Crippen molar-refractivity contribution in [2.24, 2.45) is 0 Å². The Balaban J connectivity index is 0.000000113. The van der Waals surface area contributed by atoms with E-state index in [4.69, 9.17) is 84.5 Å². The third-order valence-electron chi connectivity index (χ3n) is 23.1. The number of benzene rings is 5. The van der Waals surface area contributed by atoms with Gasteiger partial charge in [0.25, 0.3) is 20.8 Å². The smallest absolute Gasteiger partial charge is 0.394 e. The number of halogens is 3. The summed E-state index contributed by atoms with van der Waals surface area (Å²) in [6.07, 6.45) is 15.0. The maximum absolute atomic E-state index is 14.1. The highest BCUT2D eigenvalue weighted by molar-refractivity contribution is 7.19. The summed E-state index contributed by atoms with van der Waals surface area (Å²) in [6.45, 7) is 4.91. The van der Waals surface area contributed by atoms with Crippen LogP contribution in [0.2, 0.25) is 0 Å². The van der Waals surface area contributed by atoms with E-state index in [-0.39, 0.29) is 19.0 Å². The fraction of sp³-hybridized carbons (Fsp3) is 0.268. The van der Waals surface area contributed by atoms with Crippen molar-refractivity contribution in [1.29, 1.82) is 0 Å². The van der Waals surface area contributed by atoms with Gasteiger partial charge in [0.05, 0.1) is 131 Å². The molecule has 0 bridgehead atoms. The van der Waals surface area contributed by atoms with Crippen LogP contribution in [0.5, 0.6) is 72.5 Å². The lowest BCUT2D eigenvalue weighted by Crippen LogP contribution is -2.40. The van der Waals surface area contributed by atoms with Gasteiger partial charge in [-0.1, -0.05) is 19.3 Å². The molecule has 1 aliphatic heterocycles. The van der Waals surface area contributed by atoms with Gasteiger partial charge < -0.3 is 84.1 Å². The van der Waals surface area contributed by atoms with Gasteiger partial charge in [-0.05, 0) is 139 Å². The number of nitrogens with zero attached hydrogens (tertiary/aromatic N) is 18. The third-order valence-corrected chi connectivity index (χ3v) is 30.5. The van der Waals surface area contributed by atoms with E-state index in [1.54, 1.807) is 171 Å². The first-order valence-corrected chi connectivity index (χ1v) is 51.3. The molecule has 22 aromatic rings. The number of alkyl halides is 3. The molecule has 2 fully saturated rings. The molecular formula is C97H85F3N18O17S8. The normalized spacial score (nSPS) is 13.4. The number of ether oxygens (including phenoxy) is 13. The monoisotopic (exact) mass is 2090 g/mol. The molecule has 5 aromatic carbocycles. The number of rotatable bonds is 30. The Morgan fingerprint density at radius 1 is 0.406 bits per heavy atom. The van der Waals surface area contributed by atoms with Crippen LogP contribution in [0.15, 0.2) is 186 Å². The number of hydrogen-bond donors (Lipinski definition) is 0. The Morgan fingerprint density at radius 2 is 0.769 bits per heavy atom. The highest BCUT2D eigenvalue weighted by atomic mass is 32.1. The summed E-state index contributed by atoms with van der Waals surface area (Å²) in [4.78, 5) is 46.4. The average molecular weight is 2090 g/mol. The fourth-order valence-corrected chi connectivity index (χ4v) is 22.1. The van der Waals surface area contributed by atoms with Crippen molar-refractivity contribution in [3.05, 3.63) is 196 Å². The minimum absolute atomic E-state index is 0.0826. The molecule has 0 spiro atoms. The van der Waals surface area contributed by atoms with Crippen molar-refractivity contribution < 1.29 is 92.4 Å². The number of methoxy groups -OCH3 is 8. The predicted molar refractivity (Wildman–Crippen MR) is 539 cm³/mol. The Hall–Kier alpha value is -14.7. The molecule has 0 radical (unpaired) electrons. The SMILES string of the molecule is COc1cc(OCc2csc(-c3ccc(OC(C)(F)F)cc3)n2)c2cc(-c3cn4nc(OC)sc4n3)oc2c1.COc1cc(OCc2csc(-c3cccnc3)n2)c2cc(-c3cn4nc(OC)sc4n3)oc2c1.COc1cc(OCc2csc(C3CCCCC3)n2)c2cc(-c3cn4nc(OC)sc4n3)oc2c1.COc1cc(OCc2csc(N3CCC(C)(F)CC3)n2)c2cc(-c3cn4nc(OC)sc4n3)oc2c1. The van der Waals surface area contributed by atoms with E-state index in [9.17, 15) is 13.2 Å². The minimum Gasteiger partial charge on any atom is -0.496 e. The van der Waals surface area contributed by atoms with E-state index in [0.717, 1.165) is 69.9 Å². The summed E-state index contributed by atoms with van der Waals surface area (Å²) in [7, 11) is 12.7. The maximum Gasteiger partial charge on any atom is 0.394 e. The summed E-state index contributed by atoms with van der Waals surface area (Å²) < 4.78 is 143. The number of fused-ring (bicyclic) bond motifs is 8. The molecule has 1 saturated carbocycles. The van der Waals surface area contributed by atoms with Crippen LogP contribution in [-0.4, -0.2) is 165 Å². The molecule has 1 aliphatic carbocycles. The molecule has 35 nitrogen and oxygen atoms in total. The molecule has 0 N–H and O–H groups in total. The van der Waals surface area contributed by atoms with Gasteiger partial charge in [0.2, 0.25) is 19.8 Å². The zero-order chi connectivity index (χ0) is 98.2. The lowest BCUT2D eigenvalue weighted by Gasteiger charge is -2.33. The van der Waals surface area contributed by atoms with Gasteiger partial charge in [0.15, 0.2) is 28.2 Å². The number of furan rings is 4. The number of thiazole rings is 4. The molecule has 24 rings (SSSR count). The van der Waals surface area contributed by atoms with Gasteiger partial charge in [0.1, 0.15) is 139 Å². The van der Waals surface area contributed by atoms with Gasteiger partial charge >= 0.3 is 6.11 Å². The van der Waals surface area contributed by atoms with Gasteiger partial charge in [-0.3, -0.25) is 4.98 Å². The molecule has 143 heavy (non-hydrogen) atoms. The summed E-state index contributed by atoms with van der Waals surface area (Å²) >= 11 is 11.7. The maximum atomic E-state index is 14.1. The first-order chi connectivity index (χ1) is 69.6. The average Bonchev–Trinajstić information content (AvgIpc) is 1.63. The van der Waals surface area contributed by atoms with Gasteiger partial charge in [0, 0.05) is 120 Å². The van der Waals surface area contributed by atoms with E-state index in [1.165, 1.54) is 106 Å². The summed E-state index contributed by atoms with van der Waals surface area (Å²) in [6, 6.07) is 32.5. The molecule has 0 atom stereocenters. The topological polar surface area (TPSA) is 361 Å². The number of piperidine rings is 1. The Labute approximate surface area is 842 Å². The van der Waals surface area contributed by atoms with Crippen molar-refractivity contribution in [2.45, 2.75) is 103 Å². The van der Waals surface area contributed by atoms with E-state index in [2.05, 4.69) is 70.3 Å². The fourth-order valence-electron chi connectivity index (χ4n) is 15.9. The van der Waals surface area contributed by atoms with E-state index in [0.29, 0.717) is 207 Å². The Bertz CT molecular complexity index is 8120. The highest BCUT2D eigenvalue weighted by Gasteiger charge is 2.32. The molecule has 2 aliphatic rings. The van der Waals surface area contributed by atoms with Crippen LogP contribution in [-0.2, 0) is 26.4 Å². The Morgan fingerprint density at radius 3 is 1.13 bits per heavy atom. The largest absolute Gasteiger partial charge is 0.496 e. The van der Waals surface area contributed by atoms with Crippen LogP contribution >= 0.6 is 90.7 Å². The number of imidazole rings is 4. The molecule has 1 saturated heterocycles. The predicted octanol–water partition coefficient (Wildman–Crippen LogP) is 24.1. The second kappa shape index (κ2) is 40.7. The van der Waals surface area contributed by atoms with Crippen molar-refractivity contribution in [1.82, 2.24) is 83.3 Å². The third kappa shape index (κ3) is 21.0. The van der Waals surface area contributed by atoms with Crippen LogP contribution < -0.4 is 66.5 Å². The van der Waals surface area contributed by atoms with Crippen LogP contribution in [0.3, 0.4) is 0 Å². The number of aromatic nitrogens is 17. The quantitative estimate of drug-likeness (QED) is 0.0403. The Kier molecular flexibility index (Phi) is 26.9. The van der Waals surface area contributed by atoms with Crippen LogP contribution in [0, 0.1) is 0 Å². The van der Waals surface area contributed by atoms with E-state index >= 15 is 0 Å². The van der Waals surface area contributed by atoms with Gasteiger partial charge in [-0.2, -0.15) is 8.78 Å². The number of hydrogen-bond acceptors (Lipinski definition) is 39. The van der Waals surface area contributed by atoms with Gasteiger partial charge in [-0.15, -0.1) is 65.7 Å². The van der Waals surface area contributed by atoms with E-state index in [1.807, 2.05) is 95.1 Å². The zero-order valence-electron chi connectivity index (χ0n) is 77.8. The lowest BCUT2D eigenvalue weighted by molar-refractivity contribution is -0.158. The van der Waals surface area contributed by atoms with Crippen molar-refractivity contribution in [3.8, 4) is 139 Å². The number of pyridine rings is 1. The molecule has 734 valence electrons. The van der Waals surface area contributed by atoms with Crippen LogP contribution in [0.25, 0.3) is 131 Å². The molecule has 17 aromatic heterocycles. The second-order valence-corrected chi connectivity index (χ2v) is 40.1. The van der Waals surface area contributed by atoms with Crippen molar-refractivity contribution in [2.75, 3.05) is 74.9 Å². The zero-order valence-corrected chi connectivity index (χ0v) is 84.4. The van der Waals surface area contributed by atoms with Gasteiger partial charge in [-0.25, -0.2) is 62.3 Å². The van der Waals surface area contributed by atoms with Crippen molar-refractivity contribution >= 4 is 160 Å². The summed E-state index contributed by atoms with van der Waals surface area (Å²) in [5.41, 5.74) is 9.17. The molecule has 46 heteroatoms. The molecular weight excluding hydrogens is 2000 g/mol. The van der Waals surface area contributed by atoms with E-state index < -0.39 is 11.8 Å². The molecule has 18 heterocycles. The highest BCUT2D eigenvalue weighted by Crippen LogP contribution is 2.46. The van der Waals surface area contributed by atoms with Crippen molar-refractivity contribution in [3.63, 3.8) is 0 Å². The van der Waals surface area contributed by atoms with Crippen LogP contribution in [0.1, 0.15) is 92.5 Å². The molecule has 0 unspecified atom stereocenters. The van der Waals surface area contributed by atoms with Crippen LogP contribution in [0.4, 0.5) is 18.3 Å². The first kappa shape index (κ1) is 94.6. The first-order valence-electron chi connectivity index (χ1n) is 44.5. The second-order valence-electron chi connectivity index (χ2n) is 32.9. The summed E-state index contributed by atoms with van der Waals surface area (Å²) in [5.74, 6) is 8.12. The summed E-state index contributed by atoms with van der Waals surface area (Å²) in [5, 5.41) is 34.4. The standard InChI is InChI=1S/C26H20F2N4O5S2.C24H24FN5O4S2.C24H24N4O4S2.C23H17N5O4S2/c1-26(27,28)37-16-6-4-14(5-7-16)23-29-15(13-38-23)12-35-20-8-17(33-2)9-21-18(20)10-22(36-21)19-11-32-24(30-19)39-25(31-32)34-3;1-24(25)4-6-29(7-5-24)21-26-14(13-35-21)12-33-18-8-15(31-2)9-19-16(18)10-20(34-19)17-11-30-22(27-17)36-23(28-30)32-3;1-29-16-8-19(31-12-15-13-33-22(25-15)14-6-4-3-5-7-14)17-10-21(32-20(17)9-16)18-11-28-23(26-18)34-24(27-28)30-2;1-29-15-6-18(31-11-14-12-33-21(25-14)13-4-3-5-24-9-13)16-8-20(32-19(16)7-15)17-10-28-22(26-17)34-23(27-28)30-2/h4-11,13H,12H2,1-3H3;8-11,13H,4-7,12H2,1-3H3;8-11,13-14H,3-7,12H2,1-2H3;3-10,12H,11H2,1-2H3. The lowest BCUT2D eigenvalue weighted by atomic mass is 9.90. The number of anilines is 1.